The van der Waals surface area contributed by atoms with Crippen LogP contribution in [0.1, 0.15) is 0 Å². The highest BCUT2D eigenvalue weighted by Gasteiger charge is 2.26. The van der Waals surface area contributed by atoms with E-state index in [1.807, 2.05) is 36.2 Å². The van der Waals surface area contributed by atoms with Crippen LogP contribution in [0.3, 0.4) is 0 Å². The van der Waals surface area contributed by atoms with Gasteiger partial charge in [0.15, 0.2) is 6.29 Å². The standard InChI is InChI=1S/C9H9NO2/c1-10-7-4-2-3-5-8(7)12-9(10)6-11/h2-6,9H,1H3. The molecule has 1 heterocycles. The molecule has 1 aliphatic heterocycles. The Labute approximate surface area is 70.6 Å². The highest BCUT2D eigenvalue weighted by molar-refractivity contribution is 5.72. The van der Waals surface area contributed by atoms with Gasteiger partial charge in [-0.05, 0) is 12.1 Å². The second kappa shape index (κ2) is 2.52. The van der Waals surface area contributed by atoms with Crippen LogP contribution in [0.2, 0.25) is 0 Å². The Morgan fingerprint density at radius 1 is 1.50 bits per heavy atom. The molecule has 2 rings (SSSR count). The van der Waals surface area contributed by atoms with Crippen molar-refractivity contribution in [2.45, 2.75) is 6.23 Å². The highest BCUT2D eigenvalue weighted by Crippen LogP contribution is 2.34. The van der Waals surface area contributed by atoms with E-state index in [-0.39, 0.29) is 0 Å². The molecule has 3 nitrogen and oxygen atoms in total. The first-order valence-corrected chi connectivity index (χ1v) is 3.77. The Morgan fingerprint density at radius 3 is 2.92 bits per heavy atom. The minimum atomic E-state index is -0.456. The van der Waals surface area contributed by atoms with Gasteiger partial charge in [0.05, 0.1) is 5.69 Å². The lowest BCUT2D eigenvalue weighted by Gasteiger charge is -2.13. The van der Waals surface area contributed by atoms with Gasteiger partial charge in [-0.2, -0.15) is 0 Å². The lowest BCUT2D eigenvalue weighted by atomic mass is 10.3. The maximum atomic E-state index is 10.5. The summed E-state index contributed by atoms with van der Waals surface area (Å²) in [6, 6.07) is 7.60. The smallest absolute Gasteiger partial charge is 0.228 e. The third-order valence-electron chi connectivity index (χ3n) is 1.99. The van der Waals surface area contributed by atoms with E-state index in [1.165, 1.54) is 0 Å². The van der Waals surface area contributed by atoms with E-state index in [9.17, 15) is 4.79 Å². The van der Waals surface area contributed by atoms with Gasteiger partial charge < -0.3 is 9.64 Å². The van der Waals surface area contributed by atoms with Crippen LogP contribution >= 0.6 is 0 Å². The largest absolute Gasteiger partial charge is 0.461 e. The van der Waals surface area contributed by atoms with E-state index < -0.39 is 6.23 Å². The fourth-order valence-corrected chi connectivity index (χ4v) is 1.31. The van der Waals surface area contributed by atoms with E-state index in [0.717, 1.165) is 17.7 Å². The van der Waals surface area contributed by atoms with Gasteiger partial charge in [-0.25, -0.2) is 0 Å². The van der Waals surface area contributed by atoms with Crippen LogP contribution in [-0.2, 0) is 4.79 Å². The number of ether oxygens (including phenoxy) is 1. The summed E-state index contributed by atoms with van der Waals surface area (Å²) < 4.78 is 5.33. The van der Waals surface area contributed by atoms with Gasteiger partial charge in [0, 0.05) is 7.05 Å². The summed E-state index contributed by atoms with van der Waals surface area (Å²) in [6.45, 7) is 0. The van der Waals surface area contributed by atoms with Gasteiger partial charge >= 0.3 is 0 Å². The van der Waals surface area contributed by atoms with Crippen LogP contribution < -0.4 is 9.64 Å². The molecule has 1 aromatic rings. The molecule has 1 unspecified atom stereocenters. The number of aldehydes is 1. The fraction of sp³-hybridized carbons (Fsp3) is 0.222. The minimum absolute atomic E-state index is 0.456. The number of rotatable bonds is 1. The molecular weight excluding hydrogens is 154 g/mol. The molecule has 0 spiro atoms. The summed E-state index contributed by atoms with van der Waals surface area (Å²) in [5.41, 5.74) is 0.967. The van der Waals surface area contributed by atoms with Gasteiger partial charge in [-0.1, -0.05) is 12.1 Å². The highest BCUT2D eigenvalue weighted by atomic mass is 16.5. The van der Waals surface area contributed by atoms with Gasteiger partial charge in [0.2, 0.25) is 6.23 Å². The molecule has 0 aliphatic carbocycles. The van der Waals surface area contributed by atoms with E-state index in [1.54, 1.807) is 0 Å². The lowest BCUT2D eigenvalue weighted by Crippen LogP contribution is -2.31. The number of para-hydroxylation sites is 2. The van der Waals surface area contributed by atoms with Crippen molar-refractivity contribution in [3.63, 3.8) is 0 Å². The van der Waals surface area contributed by atoms with Crippen molar-refractivity contribution in [3.05, 3.63) is 24.3 Å². The Hall–Kier alpha value is -1.51. The van der Waals surface area contributed by atoms with Crippen molar-refractivity contribution in [2.24, 2.45) is 0 Å². The van der Waals surface area contributed by atoms with Crippen molar-refractivity contribution in [3.8, 4) is 5.75 Å². The van der Waals surface area contributed by atoms with Crippen LogP contribution in [0, 0.1) is 0 Å². The summed E-state index contributed by atoms with van der Waals surface area (Å²) in [7, 11) is 1.84. The van der Waals surface area contributed by atoms with Crippen molar-refractivity contribution in [1.82, 2.24) is 0 Å². The number of likely N-dealkylation sites (N-methyl/N-ethyl adjacent to an activating group) is 1. The molecular formula is C9H9NO2. The normalized spacial score (nSPS) is 20.1. The molecule has 1 atom stereocenters. The average Bonchev–Trinajstić information content (AvgIpc) is 2.44. The van der Waals surface area contributed by atoms with Crippen molar-refractivity contribution < 1.29 is 9.53 Å². The van der Waals surface area contributed by atoms with Gasteiger partial charge in [0.25, 0.3) is 0 Å². The molecule has 0 N–H and O–H groups in total. The number of carbonyl (C=O) groups is 1. The van der Waals surface area contributed by atoms with Crippen LogP contribution in [0.5, 0.6) is 5.75 Å². The quantitative estimate of drug-likeness (QED) is 0.579. The number of nitrogens with zero attached hydrogens (tertiary/aromatic N) is 1. The second-order valence-electron chi connectivity index (χ2n) is 2.72. The van der Waals surface area contributed by atoms with Gasteiger partial charge in [-0.15, -0.1) is 0 Å². The fourth-order valence-electron chi connectivity index (χ4n) is 1.31. The van der Waals surface area contributed by atoms with Crippen molar-refractivity contribution in [2.75, 3.05) is 11.9 Å². The maximum absolute atomic E-state index is 10.5. The third kappa shape index (κ3) is 0.863. The zero-order valence-electron chi connectivity index (χ0n) is 6.73. The maximum Gasteiger partial charge on any atom is 0.228 e. The van der Waals surface area contributed by atoms with E-state index >= 15 is 0 Å². The van der Waals surface area contributed by atoms with Gasteiger partial charge in [0.1, 0.15) is 5.75 Å². The molecule has 1 aromatic carbocycles. The number of fused-ring (bicyclic) bond motifs is 1. The zero-order valence-corrected chi connectivity index (χ0v) is 6.73. The molecule has 0 amide bonds. The number of carbonyl (C=O) groups excluding carboxylic acids is 1. The number of hydrogen-bond donors (Lipinski definition) is 0. The van der Waals surface area contributed by atoms with Crippen LogP contribution in [0.4, 0.5) is 5.69 Å². The molecule has 1 aliphatic rings. The van der Waals surface area contributed by atoms with E-state index in [0.29, 0.717) is 0 Å². The first-order valence-electron chi connectivity index (χ1n) is 3.77. The first kappa shape index (κ1) is 7.16. The van der Waals surface area contributed by atoms with Crippen molar-refractivity contribution >= 4 is 12.0 Å². The number of anilines is 1. The predicted molar refractivity (Wildman–Crippen MR) is 45.3 cm³/mol. The average molecular weight is 163 g/mol. The topological polar surface area (TPSA) is 29.5 Å². The molecule has 0 saturated carbocycles. The Kier molecular flexibility index (Phi) is 1.50. The monoisotopic (exact) mass is 163 g/mol. The summed E-state index contributed by atoms with van der Waals surface area (Å²) >= 11 is 0. The third-order valence-corrected chi connectivity index (χ3v) is 1.99. The van der Waals surface area contributed by atoms with Crippen molar-refractivity contribution in [1.29, 1.82) is 0 Å². The van der Waals surface area contributed by atoms with Crippen LogP contribution in [0.15, 0.2) is 24.3 Å². The van der Waals surface area contributed by atoms with E-state index in [4.69, 9.17) is 4.74 Å². The predicted octanol–water partition coefficient (Wildman–Crippen LogP) is 1.04. The SMILES string of the molecule is CN1c2ccccc2OC1C=O. The van der Waals surface area contributed by atoms with Crippen LogP contribution in [0.25, 0.3) is 0 Å². The van der Waals surface area contributed by atoms with Crippen LogP contribution in [-0.4, -0.2) is 19.6 Å². The first-order chi connectivity index (χ1) is 5.83. The van der Waals surface area contributed by atoms with Gasteiger partial charge in [-0.3, -0.25) is 4.79 Å². The Balaban J connectivity index is 2.41. The molecule has 0 aromatic heterocycles. The second-order valence-corrected chi connectivity index (χ2v) is 2.72. The number of benzene rings is 1. The Bertz CT molecular complexity index is 311. The van der Waals surface area contributed by atoms with E-state index in [2.05, 4.69) is 0 Å². The zero-order chi connectivity index (χ0) is 8.55. The molecule has 0 radical (unpaired) electrons. The molecule has 0 bridgehead atoms. The number of hydrogen-bond acceptors (Lipinski definition) is 3. The molecule has 12 heavy (non-hydrogen) atoms. The summed E-state index contributed by atoms with van der Waals surface area (Å²) in [4.78, 5) is 12.3. The summed E-state index contributed by atoms with van der Waals surface area (Å²) in [6.07, 6.45) is 0.336. The Morgan fingerprint density at radius 2 is 2.25 bits per heavy atom. The molecule has 0 saturated heterocycles. The molecule has 0 fully saturated rings. The minimum Gasteiger partial charge on any atom is -0.461 e. The molecule has 62 valence electrons. The lowest BCUT2D eigenvalue weighted by molar-refractivity contribution is -0.113. The summed E-state index contributed by atoms with van der Waals surface area (Å²) in [5.74, 6) is 0.775. The molecule has 3 heteroatoms. The summed E-state index contributed by atoms with van der Waals surface area (Å²) in [5, 5.41) is 0.